The van der Waals surface area contributed by atoms with E-state index >= 15 is 0 Å². The molecule has 0 unspecified atom stereocenters. The molecule has 5 N–H and O–H groups in total. The molecule has 9 heteroatoms. The quantitative estimate of drug-likeness (QED) is 0.532. The van der Waals surface area contributed by atoms with Gasteiger partial charge in [0.1, 0.15) is 11.9 Å². The zero-order valence-electron chi connectivity index (χ0n) is 16.5. The molecular weight excluding hydrogens is 410 g/mol. The summed E-state index contributed by atoms with van der Waals surface area (Å²) in [5.41, 5.74) is 7.31. The van der Waals surface area contributed by atoms with Gasteiger partial charge in [0.05, 0.1) is 11.1 Å². The fourth-order valence-electron chi connectivity index (χ4n) is 3.42. The number of hydrogen-bond acceptors (Lipinski definition) is 6. The van der Waals surface area contributed by atoms with Gasteiger partial charge >= 0.3 is 0 Å². The summed E-state index contributed by atoms with van der Waals surface area (Å²) in [6, 6.07) is 4.61. The third-order valence-electron chi connectivity index (χ3n) is 5.07. The number of thiophene rings is 1. The molecule has 1 fully saturated rings. The first-order valence-corrected chi connectivity index (χ1v) is 10.8. The summed E-state index contributed by atoms with van der Waals surface area (Å²) in [5.74, 6) is 0.440. The number of halogens is 1. The molecule has 3 rings (SSSR count). The molecule has 3 atom stereocenters. The predicted molar refractivity (Wildman–Crippen MR) is 116 cm³/mol. The minimum Gasteiger partial charge on any atom is -0.384 e. The van der Waals surface area contributed by atoms with Gasteiger partial charge in [-0.15, -0.1) is 11.3 Å². The number of hydrogen-bond donors (Lipinski definition) is 4. The number of aromatic nitrogens is 1. The van der Waals surface area contributed by atoms with Crippen molar-refractivity contribution in [2.45, 2.75) is 45.3 Å². The highest BCUT2D eigenvalue weighted by Gasteiger charge is 2.31. The van der Waals surface area contributed by atoms with Crippen LogP contribution in [0.3, 0.4) is 0 Å². The van der Waals surface area contributed by atoms with Crippen molar-refractivity contribution >= 4 is 40.6 Å². The summed E-state index contributed by atoms with van der Waals surface area (Å²) in [5, 5.41) is 11.6. The highest BCUT2D eigenvalue weighted by atomic mass is 35.5. The molecule has 0 saturated carbocycles. The molecule has 3 heterocycles. The summed E-state index contributed by atoms with van der Waals surface area (Å²) in [6.45, 7) is 4.64. The van der Waals surface area contributed by atoms with Crippen LogP contribution in [-0.2, 0) is 22.6 Å². The van der Waals surface area contributed by atoms with Crippen molar-refractivity contribution in [3.05, 3.63) is 44.7 Å². The molecule has 0 aliphatic carbocycles. The third-order valence-corrected chi connectivity index (χ3v) is 6.38. The van der Waals surface area contributed by atoms with E-state index in [1.54, 1.807) is 24.3 Å². The summed E-state index contributed by atoms with van der Waals surface area (Å²) in [6.07, 6.45) is 1.64. The van der Waals surface area contributed by atoms with E-state index in [2.05, 4.69) is 20.9 Å². The monoisotopic (exact) mass is 435 g/mol. The van der Waals surface area contributed by atoms with Gasteiger partial charge in [-0.3, -0.25) is 9.59 Å². The molecule has 0 spiro atoms. The first kappa shape index (κ1) is 21.5. The number of carbonyl (C=O) groups excluding carboxylic acids is 2. The Hall–Kier alpha value is -2.16. The molecule has 7 nitrogen and oxygen atoms in total. The largest absolute Gasteiger partial charge is 0.384 e. The van der Waals surface area contributed by atoms with E-state index in [1.807, 2.05) is 24.4 Å². The molecule has 29 heavy (non-hydrogen) atoms. The van der Waals surface area contributed by atoms with Crippen LogP contribution >= 0.6 is 22.9 Å². The number of carbonyl (C=O) groups is 2. The van der Waals surface area contributed by atoms with Gasteiger partial charge in [-0.1, -0.05) is 17.7 Å². The molecule has 1 aliphatic rings. The first-order chi connectivity index (χ1) is 13.8. The lowest BCUT2D eigenvalue weighted by molar-refractivity contribution is -0.129. The Kier molecular flexibility index (Phi) is 7.10. The number of anilines is 1. The van der Waals surface area contributed by atoms with Crippen LogP contribution in [0, 0.1) is 12.8 Å². The highest BCUT2D eigenvalue weighted by Crippen LogP contribution is 2.25. The van der Waals surface area contributed by atoms with Gasteiger partial charge in [0.25, 0.3) is 0 Å². The van der Waals surface area contributed by atoms with Crippen molar-refractivity contribution in [3.8, 4) is 0 Å². The minimum atomic E-state index is -0.624. The summed E-state index contributed by atoms with van der Waals surface area (Å²) in [4.78, 5) is 30.3. The van der Waals surface area contributed by atoms with Crippen molar-refractivity contribution in [2.24, 2.45) is 5.92 Å². The lowest BCUT2D eigenvalue weighted by Gasteiger charge is -2.17. The van der Waals surface area contributed by atoms with E-state index in [0.717, 1.165) is 35.7 Å². The number of nitrogens with two attached hydrogens (primary N) is 1. The average molecular weight is 436 g/mol. The van der Waals surface area contributed by atoms with Crippen molar-refractivity contribution in [1.29, 1.82) is 0 Å². The van der Waals surface area contributed by atoms with Gasteiger partial charge in [-0.2, -0.15) is 0 Å². The van der Waals surface area contributed by atoms with Crippen LogP contribution in [0.25, 0.3) is 0 Å². The molecule has 1 saturated heterocycles. The van der Waals surface area contributed by atoms with Gasteiger partial charge in [0, 0.05) is 22.5 Å². The van der Waals surface area contributed by atoms with Crippen LogP contribution in [0.4, 0.5) is 5.82 Å². The van der Waals surface area contributed by atoms with E-state index < -0.39 is 6.04 Å². The van der Waals surface area contributed by atoms with Crippen LogP contribution in [0.5, 0.6) is 0 Å². The number of nitrogen functional groups attached to an aromatic ring is 1. The van der Waals surface area contributed by atoms with E-state index in [9.17, 15) is 9.59 Å². The molecule has 1 aliphatic heterocycles. The van der Waals surface area contributed by atoms with Crippen molar-refractivity contribution in [2.75, 3.05) is 12.3 Å². The predicted octanol–water partition coefficient (Wildman–Crippen LogP) is 2.03. The van der Waals surface area contributed by atoms with E-state index in [0.29, 0.717) is 18.3 Å². The Bertz CT molecular complexity index is 888. The molecule has 2 aromatic rings. The number of nitrogens with one attached hydrogen (secondary N) is 3. The van der Waals surface area contributed by atoms with Gasteiger partial charge in [0.2, 0.25) is 11.8 Å². The Balaban J connectivity index is 1.44. The normalized spacial score (nSPS) is 19.7. The maximum absolute atomic E-state index is 12.5. The van der Waals surface area contributed by atoms with Gasteiger partial charge < -0.3 is 21.7 Å². The van der Waals surface area contributed by atoms with E-state index in [4.69, 9.17) is 17.3 Å². The molecule has 156 valence electrons. The Labute approximate surface area is 179 Å². The van der Waals surface area contributed by atoms with Crippen LogP contribution < -0.4 is 21.7 Å². The fourth-order valence-corrected chi connectivity index (χ4v) is 4.61. The van der Waals surface area contributed by atoms with Gasteiger partial charge in [-0.05, 0) is 56.8 Å². The Morgan fingerprint density at radius 2 is 2.24 bits per heavy atom. The van der Waals surface area contributed by atoms with E-state index in [-0.39, 0.29) is 17.9 Å². The Morgan fingerprint density at radius 1 is 1.45 bits per heavy atom. The number of aryl methyl sites for hydroxylation is 1. The molecule has 2 amide bonds. The summed E-state index contributed by atoms with van der Waals surface area (Å²) < 4.78 is 0. The second kappa shape index (κ2) is 9.56. The second-order valence-corrected chi connectivity index (χ2v) is 8.86. The van der Waals surface area contributed by atoms with E-state index in [1.165, 1.54) is 4.88 Å². The third kappa shape index (κ3) is 5.91. The standard InChI is InChI=1S/C20H26ClN5O2S/c1-11-14(3-4-18(22)25-11)9-24-19(27)12(2)26-20(28)17-6-13(8-23-17)5-16-7-15(21)10-29-16/h3-4,7,10,12-13,17,23H,5-6,8-9H2,1-2H3,(H2,22,25)(H,24,27)(H,26,28)/t12-,13-,17+/m0/s1. The lowest BCUT2D eigenvalue weighted by Crippen LogP contribution is -2.50. The number of rotatable bonds is 7. The molecule has 0 aromatic carbocycles. The minimum absolute atomic E-state index is 0.148. The first-order valence-electron chi connectivity index (χ1n) is 9.58. The topological polar surface area (TPSA) is 109 Å². The van der Waals surface area contributed by atoms with Crippen LogP contribution in [0.2, 0.25) is 5.02 Å². The van der Waals surface area contributed by atoms with Crippen LogP contribution in [0.15, 0.2) is 23.6 Å². The average Bonchev–Trinajstić information content (AvgIpc) is 3.30. The van der Waals surface area contributed by atoms with Gasteiger partial charge in [0.15, 0.2) is 0 Å². The fraction of sp³-hybridized carbons (Fsp3) is 0.450. The van der Waals surface area contributed by atoms with Crippen LogP contribution in [-0.4, -0.2) is 35.4 Å². The molecular formula is C20H26ClN5O2S. The van der Waals surface area contributed by atoms with Crippen molar-refractivity contribution < 1.29 is 9.59 Å². The second-order valence-electron chi connectivity index (χ2n) is 7.43. The lowest BCUT2D eigenvalue weighted by atomic mass is 10.0. The molecule has 0 bridgehead atoms. The van der Waals surface area contributed by atoms with Crippen LogP contribution in [0.1, 0.15) is 29.5 Å². The zero-order valence-corrected chi connectivity index (χ0v) is 18.1. The summed E-state index contributed by atoms with van der Waals surface area (Å²) in [7, 11) is 0. The highest BCUT2D eigenvalue weighted by molar-refractivity contribution is 7.10. The molecule has 2 aromatic heterocycles. The SMILES string of the molecule is Cc1nc(N)ccc1CNC(=O)[C@H](C)NC(=O)[C@H]1C[C@H](Cc2cc(Cl)cs2)CN1. The number of nitrogens with zero attached hydrogens (tertiary/aromatic N) is 1. The zero-order chi connectivity index (χ0) is 21.0. The Morgan fingerprint density at radius 3 is 2.93 bits per heavy atom. The van der Waals surface area contributed by atoms with Gasteiger partial charge in [-0.25, -0.2) is 4.98 Å². The number of pyridine rings is 1. The molecule has 0 radical (unpaired) electrons. The maximum atomic E-state index is 12.5. The van der Waals surface area contributed by atoms with Crippen molar-refractivity contribution in [1.82, 2.24) is 20.9 Å². The maximum Gasteiger partial charge on any atom is 0.242 e. The van der Waals surface area contributed by atoms with Crippen molar-refractivity contribution in [3.63, 3.8) is 0 Å². The smallest absolute Gasteiger partial charge is 0.242 e. The number of amides is 2. The summed E-state index contributed by atoms with van der Waals surface area (Å²) >= 11 is 7.62.